The SMILES string of the molecule is c1ccc(-c2ccc(N(c3cc4ccccc4c4ccccc34)c3cc4ccccc4c4c3c3ccc(-c5ccccc5)cc3n4-c3ccccc3)cc2)cc1. The highest BCUT2D eigenvalue weighted by atomic mass is 15.1. The second-order valence-electron chi connectivity index (χ2n) is 14.5. The van der Waals surface area contributed by atoms with Gasteiger partial charge in [0.2, 0.25) is 0 Å². The van der Waals surface area contributed by atoms with E-state index in [1.807, 2.05) is 0 Å². The Morgan fingerprint density at radius 2 is 0.821 bits per heavy atom. The summed E-state index contributed by atoms with van der Waals surface area (Å²) in [5.74, 6) is 0. The van der Waals surface area contributed by atoms with E-state index >= 15 is 0 Å². The van der Waals surface area contributed by atoms with Crippen molar-refractivity contribution < 1.29 is 0 Å². The van der Waals surface area contributed by atoms with Crippen LogP contribution in [-0.4, -0.2) is 4.57 Å². The summed E-state index contributed by atoms with van der Waals surface area (Å²) in [6, 6.07) is 79.6. The molecule has 0 bridgehead atoms. The molecule has 0 atom stereocenters. The third-order valence-electron chi connectivity index (χ3n) is 11.3. The first-order chi connectivity index (χ1) is 27.8. The Kier molecular flexibility index (Phi) is 7.53. The van der Waals surface area contributed by atoms with Gasteiger partial charge in [-0.15, -0.1) is 0 Å². The number of nitrogens with zero attached hydrogens (tertiary/aromatic N) is 2. The molecule has 0 amide bonds. The van der Waals surface area contributed by atoms with Crippen molar-refractivity contribution >= 4 is 71.2 Å². The number of para-hydroxylation sites is 1. The van der Waals surface area contributed by atoms with E-state index < -0.39 is 0 Å². The first-order valence-corrected chi connectivity index (χ1v) is 19.3. The number of fused-ring (bicyclic) bond motifs is 8. The molecule has 0 radical (unpaired) electrons. The van der Waals surface area contributed by atoms with Crippen LogP contribution in [0.15, 0.2) is 218 Å². The molecular weight excluding hydrogens is 677 g/mol. The average molecular weight is 713 g/mol. The van der Waals surface area contributed by atoms with Crippen LogP contribution in [0.25, 0.3) is 82.1 Å². The van der Waals surface area contributed by atoms with Crippen molar-refractivity contribution in [1.29, 1.82) is 0 Å². The maximum absolute atomic E-state index is 2.51. The molecule has 2 nitrogen and oxygen atoms in total. The Hall–Kier alpha value is -7.42. The van der Waals surface area contributed by atoms with Gasteiger partial charge in [-0.05, 0) is 86.3 Å². The van der Waals surface area contributed by atoms with Gasteiger partial charge in [0.25, 0.3) is 0 Å². The maximum atomic E-state index is 2.51. The zero-order valence-corrected chi connectivity index (χ0v) is 30.7. The highest BCUT2D eigenvalue weighted by molar-refractivity contribution is 6.26. The average Bonchev–Trinajstić information content (AvgIpc) is 3.63. The molecule has 0 aliphatic heterocycles. The quantitative estimate of drug-likeness (QED) is 0.156. The molecule has 0 spiro atoms. The number of benzene rings is 10. The molecule has 56 heavy (non-hydrogen) atoms. The molecule has 0 saturated carbocycles. The molecule has 0 fully saturated rings. The van der Waals surface area contributed by atoms with Gasteiger partial charge in [-0.1, -0.05) is 176 Å². The fourth-order valence-corrected chi connectivity index (χ4v) is 8.75. The van der Waals surface area contributed by atoms with Crippen molar-refractivity contribution in [2.75, 3.05) is 4.90 Å². The Morgan fingerprint density at radius 1 is 0.321 bits per heavy atom. The van der Waals surface area contributed by atoms with E-state index in [0.29, 0.717) is 0 Å². The van der Waals surface area contributed by atoms with Crippen molar-refractivity contribution in [1.82, 2.24) is 4.57 Å². The predicted octanol–water partition coefficient (Wildman–Crippen LogP) is 15.0. The fraction of sp³-hybridized carbons (Fsp3) is 0. The van der Waals surface area contributed by atoms with Crippen LogP contribution in [0, 0.1) is 0 Å². The standard InChI is InChI=1S/C54H36N2/c1-4-16-37(17-5-1)39-28-31-44(32-29-39)55(50-35-41-20-10-12-24-45(41)47-26-14-15-27-48(47)50)52-36-42-21-11-13-25-46(42)54-53(52)49-33-30-40(38-18-6-2-7-19-38)34-51(49)56(54)43-22-8-3-9-23-43/h1-36H. The number of hydrogen-bond donors (Lipinski definition) is 0. The fourth-order valence-electron chi connectivity index (χ4n) is 8.75. The first kappa shape index (κ1) is 32.0. The van der Waals surface area contributed by atoms with Crippen LogP contribution in [-0.2, 0) is 0 Å². The van der Waals surface area contributed by atoms with Crippen LogP contribution in [0.3, 0.4) is 0 Å². The molecule has 2 heteroatoms. The van der Waals surface area contributed by atoms with E-state index in [4.69, 9.17) is 0 Å². The molecule has 11 rings (SSSR count). The summed E-state index contributed by atoms with van der Waals surface area (Å²) in [5.41, 5.74) is 11.7. The molecule has 0 aliphatic carbocycles. The van der Waals surface area contributed by atoms with E-state index in [-0.39, 0.29) is 0 Å². The van der Waals surface area contributed by atoms with Crippen LogP contribution in [0.1, 0.15) is 0 Å². The maximum Gasteiger partial charge on any atom is 0.0640 e. The molecule has 0 saturated heterocycles. The molecule has 11 aromatic rings. The number of hydrogen-bond acceptors (Lipinski definition) is 1. The van der Waals surface area contributed by atoms with Gasteiger partial charge in [-0.2, -0.15) is 0 Å². The second-order valence-corrected chi connectivity index (χ2v) is 14.5. The van der Waals surface area contributed by atoms with Crippen molar-refractivity contribution in [3.63, 3.8) is 0 Å². The minimum Gasteiger partial charge on any atom is -0.309 e. The zero-order valence-electron chi connectivity index (χ0n) is 30.7. The molecule has 262 valence electrons. The van der Waals surface area contributed by atoms with Crippen LogP contribution in [0.4, 0.5) is 17.1 Å². The minimum absolute atomic E-state index is 1.10. The van der Waals surface area contributed by atoms with Crippen molar-refractivity contribution in [2.45, 2.75) is 0 Å². The van der Waals surface area contributed by atoms with Gasteiger partial charge in [0, 0.05) is 32.9 Å². The van der Waals surface area contributed by atoms with Gasteiger partial charge in [0.05, 0.1) is 22.4 Å². The lowest BCUT2D eigenvalue weighted by atomic mass is 9.97. The van der Waals surface area contributed by atoms with Crippen molar-refractivity contribution in [3.05, 3.63) is 218 Å². The van der Waals surface area contributed by atoms with Crippen LogP contribution >= 0.6 is 0 Å². The number of anilines is 3. The van der Waals surface area contributed by atoms with E-state index in [1.165, 1.54) is 76.4 Å². The lowest BCUT2D eigenvalue weighted by molar-refractivity contribution is 1.19. The normalized spacial score (nSPS) is 11.6. The van der Waals surface area contributed by atoms with Gasteiger partial charge in [-0.25, -0.2) is 0 Å². The summed E-state index contributed by atoms with van der Waals surface area (Å²) >= 11 is 0. The topological polar surface area (TPSA) is 8.17 Å². The second kappa shape index (κ2) is 13.2. The summed E-state index contributed by atoms with van der Waals surface area (Å²) in [7, 11) is 0. The number of aromatic nitrogens is 1. The van der Waals surface area contributed by atoms with E-state index in [2.05, 4.69) is 228 Å². The summed E-state index contributed by atoms with van der Waals surface area (Å²) in [4.78, 5) is 2.51. The zero-order chi connectivity index (χ0) is 37.0. The number of rotatable bonds is 6. The van der Waals surface area contributed by atoms with Gasteiger partial charge in [0.15, 0.2) is 0 Å². The lowest BCUT2D eigenvalue weighted by Gasteiger charge is -2.29. The predicted molar refractivity (Wildman–Crippen MR) is 239 cm³/mol. The highest BCUT2D eigenvalue weighted by Crippen LogP contribution is 2.49. The first-order valence-electron chi connectivity index (χ1n) is 19.3. The van der Waals surface area contributed by atoms with Gasteiger partial charge >= 0.3 is 0 Å². The smallest absolute Gasteiger partial charge is 0.0640 e. The molecule has 0 aliphatic rings. The molecule has 1 heterocycles. The van der Waals surface area contributed by atoms with Crippen LogP contribution < -0.4 is 4.90 Å². The van der Waals surface area contributed by atoms with Crippen molar-refractivity contribution in [3.8, 4) is 27.9 Å². The molecule has 1 aromatic heterocycles. The Labute approximate surface area is 325 Å². The molecular formula is C54H36N2. The van der Waals surface area contributed by atoms with E-state index in [0.717, 1.165) is 22.7 Å². The Bertz CT molecular complexity index is 3220. The highest BCUT2D eigenvalue weighted by Gasteiger charge is 2.25. The minimum atomic E-state index is 1.10. The van der Waals surface area contributed by atoms with E-state index in [9.17, 15) is 0 Å². The largest absolute Gasteiger partial charge is 0.309 e. The molecule has 0 unspecified atom stereocenters. The monoisotopic (exact) mass is 712 g/mol. The van der Waals surface area contributed by atoms with Gasteiger partial charge < -0.3 is 9.47 Å². The third kappa shape index (κ3) is 5.19. The summed E-state index contributed by atoms with van der Waals surface area (Å²) in [6.45, 7) is 0. The summed E-state index contributed by atoms with van der Waals surface area (Å²) in [6.07, 6.45) is 0. The van der Waals surface area contributed by atoms with Crippen LogP contribution in [0.5, 0.6) is 0 Å². The van der Waals surface area contributed by atoms with Crippen molar-refractivity contribution in [2.24, 2.45) is 0 Å². The third-order valence-corrected chi connectivity index (χ3v) is 11.3. The lowest BCUT2D eigenvalue weighted by Crippen LogP contribution is -2.11. The summed E-state index contributed by atoms with van der Waals surface area (Å²) in [5, 5.41) is 9.74. The molecule has 10 aromatic carbocycles. The van der Waals surface area contributed by atoms with Gasteiger partial charge in [0.1, 0.15) is 0 Å². The van der Waals surface area contributed by atoms with E-state index in [1.54, 1.807) is 0 Å². The summed E-state index contributed by atoms with van der Waals surface area (Å²) < 4.78 is 2.48. The van der Waals surface area contributed by atoms with Gasteiger partial charge in [-0.3, -0.25) is 0 Å². The Balaban J connectivity index is 1.29. The Morgan fingerprint density at radius 3 is 1.52 bits per heavy atom. The van der Waals surface area contributed by atoms with Crippen LogP contribution in [0.2, 0.25) is 0 Å². The molecule has 0 N–H and O–H groups in total.